The van der Waals surface area contributed by atoms with E-state index >= 15 is 0 Å². The molecule has 0 saturated carbocycles. The summed E-state index contributed by atoms with van der Waals surface area (Å²) in [5.74, 6) is 0.911. The summed E-state index contributed by atoms with van der Waals surface area (Å²) in [6.45, 7) is 4.65. The number of ether oxygens (including phenoxy) is 2. The molecule has 1 N–H and O–H groups in total. The second-order valence-corrected chi connectivity index (χ2v) is 6.36. The lowest BCUT2D eigenvalue weighted by Crippen LogP contribution is -2.13. The summed E-state index contributed by atoms with van der Waals surface area (Å²) in [6, 6.07) is 12.1. The van der Waals surface area contributed by atoms with E-state index in [0.717, 1.165) is 27.9 Å². The van der Waals surface area contributed by atoms with Crippen LogP contribution < -0.4 is 10.1 Å². The van der Waals surface area contributed by atoms with Crippen molar-refractivity contribution in [3.8, 4) is 5.75 Å². The van der Waals surface area contributed by atoms with Crippen molar-refractivity contribution in [3.63, 3.8) is 0 Å². The molecule has 122 valence electrons. The molecule has 3 nitrogen and oxygen atoms in total. The highest BCUT2D eigenvalue weighted by molar-refractivity contribution is 9.10. The molecule has 2 aromatic rings. The molecule has 0 aliphatic rings. The third-order valence-electron chi connectivity index (χ3n) is 3.51. The van der Waals surface area contributed by atoms with Gasteiger partial charge in [-0.25, -0.2) is 0 Å². The molecule has 0 radical (unpaired) electrons. The van der Waals surface area contributed by atoms with Crippen LogP contribution in [0.1, 0.15) is 23.6 Å². The van der Waals surface area contributed by atoms with E-state index in [9.17, 15) is 0 Å². The first-order valence-corrected chi connectivity index (χ1v) is 8.60. The van der Waals surface area contributed by atoms with Crippen LogP contribution in [-0.2, 0) is 17.8 Å². The summed E-state index contributed by atoms with van der Waals surface area (Å²) in [7, 11) is 1.54. The number of hydrogen-bond acceptors (Lipinski definition) is 3. The highest BCUT2D eigenvalue weighted by atomic mass is 79.9. The Labute approximate surface area is 151 Å². The minimum Gasteiger partial charge on any atom is -0.489 e. The smallest absolute Gasteiger partial charge is 0.260 e. The summed E-state index contributed by atoms with van der Waals surface area (Å²) in [6.07, 6.45) is 0.936. The van der Waals surface area contributed by atoms with E-state index in [4.69, 9.17) is 21.7 Å². The molecule has 0 amide bonds. The van der Waals surface area contributed by atoms with Gasteiger partial charge in [0, 0.05) is 15.7 Å². The van der Waals surface area contributed by atoms with Crippen LogP contribution >= 0.6 is 28.1 Å². The van der Waals surface area contributed by atoms with Crippen molar-refractivity contribution in [3.05, 3.63) is 57.6 Å². The van der Waals surface area contributed by atoms with Gasteiger partial charge in [-0.2, -0.15) is 0 Å². The summed E-state index contributed by atoms with van der Waals surface area (Å²) in [5.41, 5.74) is 4.31. The average Bonchev–Trinajstić information content (AvgIpc) is 2.55. The lowest BCUT2D eigenvalue weighted by atomic mass is 10.1. The third kappa shape index (κ3) is 4.69. The van der Waals surface area contributed by atoms with Gasteiger partial charge < -0.3 is 14.8 Å². The fraction of sp³-hybridized carbons (Fsp3) is 0.278. The van der Waals surface area contributed by atoms with Gasteiger partial charge in [0.25, 0.3) is 5.17 Å². The second-order valence-electron chi connectivity index (χ2n) is 5.14. The SMILES string of the molecule is CCc1cc(C)ccc1OCc1c(Br)cccc1NC(=S)OC. The Bertz CT molecular complexity index is 703. The van der Waals surface area contributed by atoms with Gasteiger partial charge in [-0.05, 0) is 49.3 Å². The Kier molecular flexibility index (Phi) is 6.42. The average molecular weight is 394 g/mol. The molecule has 0 unspecified atom stereocenters. The van der Waals surface area contributed by atoms with E-state index < -0.39 is 0 Å². The number of benzene rings is 2. The van der Waals surface area contributed by atoms with E-state index in [0.29, 0.717) is 11.8 Å². The lowest BCUT2D eigenvalue weighted by molar-refractivity contribution is 0.303. The Morgan fingerprint density at radius 2 is 2.04 bits per heavy atom. The molecule has 0 aromatic heterocycles. The number of rotatable bonds is 5. The first kappa shape index (κ1) is 17.8. The van der Waals surface area contributed by atoms with Crippen LogP contribution in [0, 0.1) is 6.92 Å². The molecule has 0 fully saturated rings. The molecule has 0 spiro atoms. The Morgan fingerprint density at radius 1 is 1.26 bits per heavy atom. The molecule has 0 saturated heterocycles. The summed E-state index contributed by atoms with van der Waals surface area (Å²) >= 11 is 8.66. The number of aryl methyl sites for hydroxylation is 2. The standard InChI is InChI=1S/C18H20BrNO2S/c1-4-13-10-12(2)8-9-17(13)22-11-14-15(19)6-5-7-16(14)20-18(23)21-3/h5-10H,4,11H2,1-3H3,(H,20,23). The molecule has 2 aromatic carbocycles. The number of anilines is 1. The number of nitrogens with one attached hydrogen (secondary N) is 1. The fourth-order valence-electron chi connectivity index (χ4n) is 2.26. The van der Waals surface area contributed by atoms with Gasteiger partial charge in [-0.15, -0.1) is 0 Å². The maximum absolute atomic E-state index is 6.05. The summed E-state index contributed by atoms with van der Waals surface area (Å²) in [5, 5.41) is 3.40. The zero-order valence-electron chi connectivity index (χ0n) is 13.5. The molecule has 23 heavy (non-hydrogen) atoms. The first-order chi connectivity index (χ1) is 11.0. The van der Waals surface area contributed by atoms with Gasteiger partial charge in [-0.3, -0.25) is 0 Å². The van der Waals surface area contributed by atoms with E-state index in [1.807, 2.05) is 24.3 Å². The zero-order valence-corrected chi connectivity index (χ0v) is 15.9. The largest absolute Gasteiger partial charge is 0.489 e. The van der Waals surface area contributed by atoms with Crippen molar-refractivity contribution in [1.29, 1.82) is 0 Å². The minimum absolute atomic E-state index is 0.328. The second kappa shape index (κ2) is 8.31. The van der Waals surface area contributed by atoms with Crippen molar-refractivity contribution in [2.24, 2.45) is 0 Å². The quantitative estimate of drug-likeness (QED) is 0.703. The van der Waals surface area contributed by atoms with Gasteiger partial charge in [0.15, 0.2) is 0 Å². The summed E-state index contributed by atoms with van der Waals surface area (Å²) < 4.78 is 12.0. The lowest BCUT2D eigenvalue weighted by Gasteiger charge is -2.16. The van der Waals surface area contributed by atoms with E-state index in [-0.39, 0.29) is 0 Å². The molecule has 0 bridgehead atoms. The Hall–Kier alpha value is -1.59. The van der Waals surface area contributed by atoms with Crippen LogP contribution in [0.2, 0.25) is 0 Å². The van der Waals surface area contributed by atoms with Crippen LogP contribution in [-0.4, -0.2) is 12.3 Å². The van der Waals surface area contributed by atoms with Crippen LogP contribution in [0.3, 0.4) is 0 Å². The number of halogens is 1. The van der Waals surface area contributed by atoms with E-state index in [1.54, 1.807) is 7.11 Å². The van der Waals surface area contributed by atoms with E-state index in [1.165, 1.54) is 11.1 Å². The number of methoxy groups -OCH3 is 1. The van der Waals surface area contributed by atoms with Crippen molar-refractivity contribution in [1.82, 2.24) is 0 Å². The molecule has 0 aliphatic carbocycles. The number of thiocarbonyl (C=S) groups is 1. The first-order valence-electron chi connectivity index (χ1n) is 7.39. The van der Waals surface area contributed by atoms with Crippen molar-refractivity contribution >= 4 is 39.0 Å². The van der Waals surface area contributed by atoms with Crippen molar-refractivity contribution in [2.75, 3.05) is 12.4 Å². The number of hydrogen-bond donors (Lipinski definition) is 1. The van der Waals surface area contributed by atoms with Gasteiger partial charge >= 0.3 is 0 Å². The summed E-state index contributed by atoms with van der Waals surface area (Å²) in [4.78, 5) is 0. The highest BCUT2D eigenvalue weighted by Crippen LogP contribution is 2.28. The highest BCUT2D eigenvalue weighted by Gasteiger charge is 2.10. The fourth-order valence-corrected chi connectivity index (χ4v) is 2.85. The minimum atomic E-state index is 0.328. The van der Waals surface area contributed by atoms with Gasteiger partial charge in [0.2, 0.25) is 0 Å². The molecular formula is C18H20BrNO2S. The maximum Gasteiger partial charge on any atom is 0.260 e. The molecule has 0 atom stereocenters. The predicted molar refractivity (Wildman–Crippen MR) is 102 cm³/mol. The maximum atomic E-state index is 6.05. The monoisotopic (exact) mass is 393 g/mol. The van der Waals surface area contributed by atoms with Crippen molar-refractivity contribution in [2.45, 2.75) is 26.9 Å². The predicted octanol–water partition coefficient (Wildman–Crippen LogP) is 5.24. The third-order valence-corrected chi connectivity index (χ3v) is 4.52. The zero-order chi connectivity index (χ0) is 16.8. The van der Waals surface area contributed by atoms with Crippen LogP contribution in [0.25, 0.3) is 0 Å². The van der Waals surface area contributed by atoms with Gasteiger partial charge in [-0.1, -0.05) is 46.6 Å². The molecule has 5 heteroatoms. The molecular weight excluding hydrogens is 374 g/mol. The van der Waals surface area contributed by atoms with Crippen molar-refractivity contribution < 1.29 is 9.47 Å². The van der Waals surface area contributed by atoms with E-state index in [2.05, 4.69) is 47.2 Å². The van der Waals surface area contributed by atoms with Crippen LogP contribution in [0.15, 0.2) is 40.9 Å². The van der Waals surface area contributed by atoms with Crippen LogP contribution in [0.4, 0.5) is 5.69 Å². The van der Waals surface area contributed by atoms with Gasteiger partial charge in [0.1, 0.15) is 12.4 Å². The van der Waals surface area contributed by atoms with Crippen LogP contribution in [0.5, 0.6) is 5.75 Å². The normalized spacial score (nSPS) is 10.3. The van der Waals surface area contributed by atoms with Gasteiger partial charge in [0.05, 0.1) is 7.11 Å². The molecule has 0 aliphatic heterocycles. The topological polar surface area (TPSA) is 30.5 Å². The Balaban J connectivity index is 2.22. The molecule has 0 heterocycles. The Morgan fingerprint density at radius 3 is 2.74 bits per heavy atom. The molecule has 2 rings (SSSR count).